The first-order valence-corrected chi connectivity index (χ1v) is 26.5. The molecule has 12 aromatic carbocycles. The Morgan fingerprint density at radius 3 is 1.21 bits per heavy atom. The van der Waals surface area contributed by atoms with Crippen LogP contribution in [0, 0.1) is 0 Å². The highest BCUT2D eigenvalue weighted by atomic mass is 16.3. The largest absolute Gasteiger partial charge is 0.456 e. The van der Waals surface area contributed by atoms with E-state index in [4.69, 9.17) is 4.42 Å². The Morgan fingerprint density at radius 2 is 0.658 bits per heavy atom. The van der Waals surface area contributed by atoms with Crippen molar-refractivity contribution in [3.63, 3.8) is 0 Å². The summed E-state index contributed by atoms with van der Waals surface area (Å²) in [5.41, 5.74) is 29.5. The number of para-hydroxylation sites is 1. The number of benzene rings is 12. The molecule has 17 rings (SSSR count). The summed E-state index contributed by atoms with van der Waals surface area (Å²) in [6, 6.07) is 102. The zero-order valence-corrected chi connectivity index (χ0v) is 41.3. The predicted molar refractivity (Wildman–Crippen MR) is 312 cm³/mol. The van der Waals surface area contributed by atoms with Gasteiger partial charge in [0.2, 0.25) is 0 Å². The lowest BCUT2D eigenvalue weighted by Crippen LogP contribution is -2.26. The highest BCUT2D eigenvalue weighted by molar-refractivity contribution is 6.07. The average Bonchev–Trinajstić information content (AvgIpc) is 4.41. The Labute approximate surface area is 441 Å². The third-order valence-electron chi connectivity index (χ3n) is 17.5. The van der Waals surface area contributed by atoms with E-state index in [2.05, 4.69) is 272 Å². The molecule has 0 unspecified atom stereocenters. The molecule has 352 valence electrons. The van der Waals surface area contributed by atoms with E-state index in [-0.39, 0.29) is 0 Å². The van der Waals surface area contributed by atoms with Gasteiger partial charge in [-0.1, -0.05) is 218 Å². The van der Waals surface area contributed by atoms with Crippen molar-refractivity contribution in [2.45, 2.75) is 10.8 Å². The summed E-state index contributed by atoms with van der Waals surface area (Å²) in [5.74, 6) is 0. The van der Waals surface area contributed by atoms with Gasteiger partial charge in [0.05, 0.1) is 16.5 Å². The van der Waals surface area contributed by atoms with Gasteiger partial charge >= 0.3 is 0 Å². The molecular formula is C74H45NO. The van der Waals surface area contributed by atoms with Gasteiger partial charge < -0.3 is 9.32 Å². The van der Waals surface area contributed by atoms with Crippen molar-refractivity contribution in [2.24, 2.45) is 0 Å². The molecule has 2 spiro atoms. The van der Waals surface area contributed by atoms with Crippen molar-refractivity contribution in [3.05, 3.63) is 317 Å². The van der Waals surface area contributed by atoms with Crippen molar-refractivity contribution in [3.8, 4) is 66.8 Å². The van der Waals surface area contributed by atoms with Crippen LogP contribution < -0.4 is 4.90 Å². The van der Waals surface area contributed by atoms with Crippen molar-refractivity contribution >= 4 is 39.0 Å². The van der Waals surface area contributed by atoms with Crippen molar-refractivity contribution in [1.29, 1.82) is 0 Å². The normalized spacial score (nSPS) is 14.0. The van der Waals surface area contributed by atoms with Crippen molar-refractivity contribution in [1.82, 2.24) is 0 Å². The summed E-state index contributed by atoms with van der Waals surface area (Å²) in [5, 5.41) is 2.25. The number of anilines is 3. The van der Waals surface area contributed by atoms with E-state index in [0.29, 0.717) is 0 Å². The van der Waals surface area contributed by atoms with Crippen LogP contribution in [0.25, 0.3) is 88.7 Å². The van der Waals surface area contributed by atoms with E-state index < -0.39 is 10.8 Å². The van der Waals surface area contributed by atoms with Gasteiger partial charge in [0, 0.05) is 27.7 Å². The van der Waals surface area contributed by atoms with Gasteiger partial charge in [0.25, 0.3) is 0 Å². The van der Waals surface area contributed by atoms with Crippen LogP contribution >= 0.6 is 0 Å². The fourth-order valence-electron chi connectivity index (χ4n) is 14.5. The van der Waals surface area contributed by atoms with E-state index in [1.54, 1.807) is 0 Å². The van der Waals surface area contributed by atoms with Gasteiger partial charge in [-0.3, -0.25) is 0 Å². The van der Waals surface area contributed by atoms with Gasteiger partial charge in [-0.25, -0.2) is 0 Å². The molecule has 0 saturated heterocycles. The number of fused-ring (bicyclic) bond motifs is 23. The average molecular weight is 964 g/mol. The van der Waals surface area contributed by atoms with Crippen LogP contribution in [-0.4, -0.2) is 0 Å². The highest BCUT2D eigenvalue weighted by Gasteiger charge is 2.53. The molecule has 0 aliphatic heterocycles. The van der Waals surface area contributed by atoms with Crippen LogP contribution in [0.1, 0.15) is 44.5 Å². The minimum Gasteiger partial charge on any atom is -0.456 e. The SMILES string of the molecule is c1ccc(-c2cc3c(cc2N(c2ccc(-c4ccc5oc6ccccc6c5c4)cc2)c2ccc4c(c2)C2(c5ccccc5-c5ccccc52)c2ccccc2-4)C2(c4ccccc4-c4ccccc42)c2ccccc2-3)cc1. The van der Waals surface area contributed by atoms with E-state index in [9.17, 15) is 0 Å². The molecule has 2 heteroatoms. The Balaban J connectivity index is 0.954. The number of nitrogens with zero attached hydrogens (tertiary/aromatic N) is 1. The first-order valence-electron chi connectivity index (χ1n) is 26.5. The fourth-order valence-corrected chi connectivity index (χ4v) is 14.5. The van der Waals surface area contributed by atoms with Crippen LogP contribution in [-0.2, 0) is 10.8 Å². The quantitative estimate of drug-likeness (QED) is 0.171. The van der Waals surface area contributed by atoms with Crippen molar-refractivity contribution in [2.75, 3.05) is 4.90 Å². The predicted octanol–water partition coefficient (Wildman–Crippen LogP) is 19.1. The van der Waals surface area contributed by atoms with E-state index in [1.807, 2.05) is 6.07 Å². The van der Waals surface area contributed by atoms with Crippen LogP contribution in [0.15, 0.2) is 277 Å². The van der Waals surface area contributed by atoms with Crippen LogP contribution in [0.4, 0.5) is 17.1 Å². The second-order valence-corrected chi connectivity index (χ2v) is 21.0. The fraction of sp³-hybridized carbons (Fsp3) is 0.0270. The lowest BCUT2D eigenvalue weighted by molar-refractivity contribution is 0.669. The molecule has 0 radical (unpaired) electrons. The number of rotatable bonds is 5. The molecule has 4 aliphatic carbocycles. The molecule has 2 nitrogen and oxygen atoms in total. The van der Waals surface area contributed by atoms with Gasteiger partial charge in [0.15, 0.2) is 0 Å². The summed E-state index contributed by atoms with van der Waals surface area (Å²) in [6.07, 6.45) is 0. The molecular weight excluding hydrogens is 919 g/mol. The van der Waals surface area contributed by atoms with Gasteiger partial charge in [-0.15, -0.1) is 0 Å². The van der Waals surface area contributed by atoms with Crippen molar-refractivity contribution < 1.29 is 4.42 Å². The zero-order valence-electron chi connectivity index (χ0n) is 41.3. The summed E-state index contributed by atoms with van der Waals surface area (Å²) >= 11 is 0. The maximum Gasteiger partial charge on any atom is 0.135 e. The molecule has 0 bridgehead atoms. The Bertz CT molecular complexity index is 4490. The summed E-state index contributed by atoms with van der Waals surface area (Å²) in [6.45, 7) is 0. The first-order chi connectivity index (χ1) is 37.7. The van der Waals surface area contributed by atoms with Gasteiger partial charge in [-0.05, 0) is 160 Å². The molecule has 0 atom stereocenters. The minimum atomic E-state index is -0.532. The van der Waals surface area contributed by atoms with Crippen LogP contribution in [0.5, 0.6) is 0 Å². The summed E-state index contributed by atoms with van der Waals surface area (Å²) in [4.78, 5) is 2.56. The maximum atomic E-state index is 6.28. The van der Waals surface area contributed by atoms with Crippen LogP contribution in [0.3, 0.4) is 0 Å². The van der Waals surface area contributed by atoms with E-state index >= 15 is 0 Å². The molecule has 0 saturated carbocycles. The van der Waals surface area contributed by atoms with E-state index in [0.717, 1.165) is 55.7 Å². The second kappa shape index (κ2) is 15.4. The molecule has 76 heavy (non-hydrogen) atoms. The Hall–Kier alpha value is -9.76. The maximum absolute atomic E-state index is 6.28. The molecule has 1 heterocycles. The lowest BCUT2D eigenvalue weighted by Gasteiger charge is -2.34. The zero-order chi connectivity index (χ0) is 49.7. The lowest BCUT2D eigenvalue weighted by atomic mass is 9.70. The highest BCUT2D eigenvalue weighted by Crippen LogP contribution is 2.66. The standard InChI is InChI=1S/C74H45NO/c1-2-18-47(19-3-1)59-44-60-56-25-9-16-32-67(56)74(64-29-13-6-22-53(64)54-23-7-14-30-65(54)74)69(60)45-70(59)75(49-37-34-46(35-38-49)48-36-41-72-61(42-48)58-26-10-17-33-71(58)76-72)50-39-40-57-55-24-8-15-31-66(55)73(68(57)43-50)62-27-11-4-20-51(62)52-21-5-12-28-63(52)73/h1-45H. The van der Waals surface area contributed by atoms with Gasteiger partial charge in [0.1, 0.15) is 11.2 Å². The third-order valence-corrected chi connectivity index (χ3v) is 17.5. The number of hydrogen-bond donors (Lipinski definition) is 0. The Kier molecular flexibility index (Phi) is 8.44. The topological polar surface area (TPSA) is 16.4 Å². The summed E-state index contributed by atoms with van der Waals surface area (Å²) < 4.78 is 6.28. The number of hydrogen-bond acceptors (Lipinski definition) is 2. The molecule has 0 fully saturated rings. The number of furan rings is 1. The van der Waals surface area contributed by atoms with E-state index in [1.165, 1.54) is 94.6 Å². The molecule has 4 aliphatic rings. The first kappa shape index (κ1) is 41.7. The molecule has 1 aromatic heterocycles. The molecule has 13 aromatic rings. The van der Waals surface area contributed by atoms with Crippen LogP contribution in [0.2, 0.25) is 0 Å². The Morgan fingerprint density at radius 1 is 0.237 bits per heavy atom. The third kappa shape index (κ3) is 5.35. The minimum absolute atomic E-state index is 0.510. The van der Waals surface area contributed by atoms with Gasteiger partial charge in [-0.2, -0.15) is 0 Å². The second-order valence-electron chi connectivity index (χ2n) is 21.0. The monoisotopic (exact) mass is 963 g/mol. The molecule has 0 amide bonds. The summed E-state index contributed by atoms with van der Waals surface area (Å²) in [7, 11) is 0. The molecule has 0 N–H and O–H groups in total. The smallest absolute Gasteiger partial charge is 0.135 e.